The van der Waals surface area contributed by atoms with Crippen molar-refractivity contribution in [3.8, 4) is 0 Å². The van der Waals surface area contributed by atoms with E-state index in [1.54, 1.807) is 0 Å². The van der Waals surface area contributed by atoms with Gasteiger partial charge in [-0.05, 0) is 29.9 Å². The standard InChI is InChI=1S/C16H24N2O/c1-11(2)12-7-9-13(10-8-12)16-14(17)5-4-6-15(19)18(16)3/h7-11,14,16H,4-6,17H2,1-3H3. The number of carbonyl (C=O) groups excluding carboxylic acids is 1. The molecule has 1 heterocycles. The fourth-order valence-electron chi connectivity index (χ4n) is 2.81. The Hall–Kier alpha value is -1.35. The van der Waals surface area contributed by atoms with E-state index in [1.165, 1.54) is 5.56 Å². The minimum absolute atomic E-state index is 0.0104. The molecule has 2 unspecified atom stereocenters. The summed E-state index contributed by atoms with van der Waals surface area (Å²) < 4.78 is 0. The molecule has 0 saturated carbocycles. The molecule has 0 aromatic heterocycles. The van der Waals surface area contributed by atoms with Gasteiger partial charge in [0.05, 0.1) is 6.04 Å². The average Bonchev–Trinajstić information content (AvgIpc) is 2.50. The Bertz CT molecular complexity index is 439. The van der Waals surface area contributed by atoms with Crippen LogP contribution in [0.3, 0.4) is 0 Å². The maximum atomic E-state index is 12.0. The zero-order valence-electron chi connectivity index (χ0n) is 12.1. The lowest BCUT2D eigenvalue weighted by Gasteiger charge is -2.31. The molecule has 1 aliphatic rings. The van der Waals surface area contributed by atoms with Crippen molar-refractivity contribution in [2.24, 2.45) is 5.73 Å². The molecule has 104 valence electrons. The van der Waals surface area contributed by atoms with E-state index in [0.29, 0.717) is 12.3 Å². The third-order valence-electron chi connectivity index (χ3n) is 4.09. The Kier molecular flexibility index (Phi) is 4.25. The number of likely N-dealkylation sites (N-methyl/N-ethyl adjacent to an activating group) is 1. The molecule has 3 nitrogen and oxygen atoms in total. The number of hydrogen-bond donors (Lipinski definition) is 1. The summed E-state index contributed by atoms with van der Waals surface area (Å²) in [4.78, 5) is 13.8. The van der Waals surface area contributed by atoms with Gasteiger partial charge in [0.25, 0.3) is 0 Å². The van der Waals surface area contributed by atoms with Crippen molar-refractivity contribution in [2.45, 2.75) is 51.1 Å². The van der Waals surface area contributed by atoms with E-state index >= 15 is 0 Å². The molecule has 1 fully saturated rings. The number of nitrogens with zero attached hydrogens (tertiary/aromatic N) is 1. The van der Waals surface area contributed by atoms with Gasteiger partial charge in [-0.1, -0.05) is 38.1 Å². The first-order valence-corrected chi connectivity index (χ1v) is 7.12. The third-order valence-corrected chi connectivity index (χ3v) is 4.09. The lowest BCUT2D eigenvalue weighted by atomic mass is 9.94. The summed E-state index contributed by atoms with van der Waals surface area (Å²) in [5.41, 5.74) is 8.73. The quantitative estimate of drug-likeness (QED) is 0.888. The fraction of sp³-hybridized carbons (Fsp3) is 0.562. The maximum absolute atomic E-state index is 12.0. The molecule has 0 spiro atoms. The predicted molar refractivity (Wildman–Crippen MR) is 77.9 cm³/mol. The van der Waals surface area contributed by atoms with E-state index < -0.39 is 0 Å². The van der Waals surface area contributed by atoms with Crippen molar-refractivity contribution in [1.29, 1.82) is 0 Å². The van der Waals surface area contributed by atoms with Crippen LogP contribution < -0.4 is 5.73 Å². The highest BCUT2D eigenvalue weighted by atomic mass is 16.2. The predicted octanol–water partition coefficient (Wildman–Crippen LogP) is 2.82. The van der Waals surface area contributed by atoms with Gasteiger partial charge in [-0.15, -0.1) is 0 Å². The van der Waals surface area contributed by atoms with Crippen LogP contribution in [0.25, 0.3) is 0 Å². The summed E-state index contributed by atoms with van der Waals surface area (Å²) in [6, 6.07) is 8.58. The summed E-state index contributed by atoms with van der Waals surface area (Å²) in [6.45, 7) is 4.37. The van der Waals surface area contributed by atoms with Crippen LogP contribution in [-0.4, -0.2) is 23.9 Å². The van der Waals surface area contributed by atoms with Crippen LogP contribution in [0, 0.1) is 0 Å². The molecule has 1 saturated heterocycles. The van der Waals surface area contributed by atoms with Crippen LogP contribution >= 0.6 is 0 Å². The largest absolute Gasteiger partial charge is 0.337 e. The highest BCUT2D eigenvalue weighted by Crippen LogP contribution is 2.29. The van der Waals surface area contributed by atoms with Crippen LogP contribution in [-0.2, 0) is 4.79 Å². The Balaban J connectivity index is 2.28. The van der Waals surface area contributed by atoms with Gasteiger partial charge in [-0.25, -0.2) is 0 Å². The number of amides is 1. The van der Waals surface area contributed by atoms with Gasteiger partial charge in [0.2, 0.25) is 5.91 Å². The summed E-state index contributed by atoms with van der Waals surface area (Å²) >= 11 is 0. The molecular weight excluding hydrogens is 236 g/mol. The number of likely N-dealkylation sites (tertiary alicyclic amines) is 1. The zero-order chi connectivity index (χ0) is 14.0. The lowest BCUT2D eigenvalue weighted by molar-refractivity contribution is -0.131. The van der Waals surface area contributed by atoms with Crippen LogP contribution in [0.4, 0.5) is 0 Å². The molecule has 2 atom stereocenters. The van der Waals surface area contributed by atoms with Crippen LogP contribution in [0.5, 0.6) is 0 Å². The average molecular weight is 260 g/mol. The lowest BCUT2D eigenvalue weighted by Crippen LogP contribution is -2.39. The van der Waals surface area contributed by atoms with Gasteiger partial charge in [-0.2, -0.15) is 0 Å². The van der Waals surface area contributed by atoms with E-state index in [4.69, 9.17) is 5.73 Å². The van der Waals surface area contributed by atoms with Crippen LogP contribution in [0.2, 0.25) is 0 Å². The normalized spacial score (nSPS) is 24.7. The molecule has 2 rings (SSSR count). The summed E-state index contributed by atoms with van der Waals surface area (Å²) in [6.07, 6.45) is 2.42. The summed E-state index contributed by atoms with van der Waals surface area (Å²) in [5, 5.41) is 0. The first kappa shape index (κ1) is 14.1. The molecule has 0 bridgehead atoms. The minimum atomic E-state index is 0.0104. The second-order valence-electron chi connectivity index (χ2n) is 5.83. The molecule has 0 radical (unpaired) electrons. The van der Waals surface area contributed by atoms with E-state index in [2.05, 4.69) is 38.1 Å². The van der Waals surface area contributed by atoms with Crippen molar-refractivity contribution in [2.75, 3.05) is 7.05 Å². The van der Waals surface area contributed by atoms with E-state index in [0.717, 1.165) is 18.4 Å². The van der Waals surface area contributed by atoms with Gasteiger partial charge in [0.1, 0.15) is 0 Å². The molecule has 1 aromatic rings. The summed E-state index contributed by atoms with van der Waals surface area (Å²) in [7, 11) is 1.87. The smallest absolute Gasteiger partial charge is 0.222 e. The number of carbonyl (C=O) groups is 1. The van der Waals surface area contributed by atoms with E-state index in [9.17, 15) is 4.79 Å². The molecule has 1 aromatic carbocycles. The van der Waals surface area contributed by atoms with Gasteiger partial charge in [0, 0.05) is 19.5 Å². The van der Waals surface area contributed by atoms with Crippen molar-refractivity contribution in [3.05, 3.63) is 35.4 Å². The molecule has 0 aliphatic carbocycles. The van der Waals surface area contributed by atoms with Crippen molar-refractivity contribution < 1.29 is 4.79 Å². The Morgan fingerprint density at radius 3 is 2.47 bits per heavy atom. The van der Waals surface area contributed by atoms with Gasteiger partial charge in [-0.3, -0.25) is 4.79 Å². The maximum Gasteiger partial charge on any atom is 0.222 e. The minimum Gasteiger partial charge on any atom is -0.337 e. The van der Waals surface area contributed by atoms with E-state index in [1.807, 2.05) is 11.9 Å². The van der Waals surface area contributed by atoms with E-state index in [-0.39, 0.29) is 18.0 Å². The van der Waals surface area contributed by atoms with Gasteiger partial charge in [0.15, 0.2) is 0 Å². The van der Waals surface area contributed by atoms with Crippen molar-refractivity contribution in [1.82, 2.24) is 4.90 Å². The zero-order valence-corrected chi connectivity index (χ0v) is 12.1. The first-order chi connectivity index (χ1) is 9.00. The number of rotatable bonds is 2. The van der Waals surface area contributed by atoms with Crippen molar-refractivity contribution in [3.63, 3.8) is 0 Å². The molecule has 1 amide bonds. The number of hydrogen-bond acceptors (Lipinski definition) is 2. The Labute approximate surface area is 115 Å². The first-order valence-electron chi connectivity index (χ1n) is 7.12. The van der Waals surface area contributed by atoms with Crippen LogP contribution in [0.15, 0.2) is 24.3 Å². The molecule has 3 heteroatoms. The highest BCUT2D eigenvalue weighted by Gasteiger charge is 2.30. The van der Waals surface area contributed by atoms with Crippen LogP contribution in [0.1, 0.15) is 56.2 Å². The molecular formula is C16H24N2O. The summed E-state index contributed by atoms with van der Waals surface area (Å²) in [5.74, 6) is 0.724. The second-order valence-corrected chi connectivity index (χ2v) is 5.83. The monoisotopic (exact) mass is 260 g/mol. The second kappa shape index (κ2) is 5.74. The Morgan fingerprint density at radius 2 is 1.89 bits per heavy atom. The van der Waals surface area contributed by atoms with Gasteiger partial charge < -0.3 is 10.6 Å². The Morgan fingerprint density at radius 1 is 1.26 bits per heavy atom. The topological polar surface area (TPSA) is 46.3 Å². The molecule has 2 N–H and O–H groups in total. The van der Waals surface area contributed by atoms with Gasteiger partial charge >= 0.3 is 0 Å². The molecule has 19 heavy (non-hydrogen) atoms. The number of nitrogens with two attached hydrogens (primary N) is 1. The third kappa shape index (κ3) is 2.98. The SMILES string of the molecule is CC(C)c1ccc(C2C(N)CCCC(=O)N2C)cc1. The molecule has 1 aliphatic heterocycles. The van der Waals surface area contributed by atoms with Crippen molar-refractivity contribution >= 4 is 5.91 Å². The highest BCUT2D eigenvalue weighted by molar-refractivity contribution is 5.76. The number of benzene rings is 1. The fourth-order valence-corrected chi connectivity index (χ4v) is 2.81.